The average molecular weight is 411 g/mol. The van der Waals surface area contributed by atoms with Gasteiger partial charge in [-0.25, -0.2) is 0 Å². The topological polar surface area (TPSA) is 69.0 Å². The molecule has 1 aromatic heterocycles. The van der Waals surface area contributed by atoms with E-state index >= 15 is 0 Å². The SMILES string of the molecule is COc1ccc(-c2nnc(S[C@@H](C)C(=O)Nc3ccccc3C(C)C)n2C)cc1. The Bertz CT molecular complexity index is 983. The van der Waals surface area contributed by atoms with Gasteiger partial charge in [-0.05, 0) is 48.7 Å². The van der Waals surface area contributed by atoms with Crippen LogP contribution in [0.2, 0.25) is 0 Å². The van der Waals surface area contributed by atoms with Gasteiger partial charge in [0, 0.05) is 18.3 Å². The first-order valence-electron chi connectivity index (χ1n) is 9.51. The molecule has 3 rings (SSSR count). The number of rotatable bonds is 7. The second-order valence-electron chi connectivity index (χ2n) is 7.08. The summed E-state index contributed by atoms with van der Waals surface area (Å²) in [7, 11) is 3.54. The van der Waals surface area contributed by atoms with Gasteiger partial charge in [-0.15, -0.1) is 10.2 Å². The fraction of sp³-hybridized carbons (Fsp3) is 0.318. The summed E-state index contributed by atoms with van der Waals surface area (Å²) in [6.45, 7) is 6.10. The molecule has 152 valence electrons. The molecular formula is C22H26N4O2S. The van der Waals surface area contributed by atoms with Crippen molar-refractivity contribution in [1.29, 1.82) is 0 Å². The molecule has 1 heterocycles. The highest BCUT2D eigenvalue weighted by atomic mass is 32.2. The van der Waals surface area contributed by atoms with E-state index in [2.05, 4.69) is 29.4 Å². The predicted molar refractivity (Wildman–Crippen MR) is 117 cm³/mol. The highest BCUT2D eigenvalue weighted by Gasteiger charge is 2.20. The number of benzene rings is 2. The molecule has 0 aliphatic heterocycles. The molecule has 7 heteroatoms. The lowest BCUT2D eigenvalue weighted by atomic mass is 10.0. The summed E-state index contributed by atoms with van der Waals surface area (Å²) in [6, 6.07) is 15.6. The third-order valence-corrected chi connectivity index (χ3v) is 5.81. The van der Waals surface area contributed by atoms with Gasteiger partial charge in [0.2, 0.25) is 5.91 Å². The molecule has 1 N–H and O–H groups in total. The van der Waals surface area contributed by atoms with Crippen LogP contribution in [0.25, 0.3) is 11.4 Å². The summed E-state index contributed by atoms with van der Waals surface area (Å²) >= 11 is 1.39. The number of nitrogens with zero attached hydrogens (tertiary/aromatic N) is 3. The normalized spacial score (nSPS) is 12.1. The van der Waals surface area contributed by atoms with E-state index in [9.17, 15) is 4.79 Å². The molecule has 0 fully saturated rings. The first-order valence-corrected chi connectivity index (χ1v) is 10.4. The average Bonchev–Trinajstić information content (AvgIpc) is 3.08. The Kier molecular flexibility index (Phi) is 6.59. The number of hydrogen-bond donors (Lipinski definition) is 1. The number of ether oxygens (including phenoxy) is 1. The molecule has 0 radical (unpaired) electrons. The Morgan fingerprint density at radius 3 is 2.41 bits per heavy atom. The molecule has 2 aromatic carbocycles. The molecule has 0 aliphatic rings. The fourth-order valence-electron chi connectivity index (χ4n) is 2.97. The van der Waals surface area contributed by atoms with Crippen molar-refractivity contribution in [2.45, 2.75) is 37.1 Å². The van der Waals surface area contributed by atoms with Crippen molar-refractivity contribution in [3.63, 3.8) is 0 Å². The standard InChI is InChI=1S/C22H26N4O2S/c1-14(2)18-8-6-7-9-19(18)23-21(27)15(3)29-22-25-24-20(26(22)4)16-10-12-17(28-5)13-11-16/h6-15H,1-5H3,(H,23,27)/t15-/m0/s1. The minimum atomic E-state index is -0.318. The minimum Gasteiger partial charge on any atom is -0.497 e. The van der Waals surface area contributed by atoms with Gasteiger partial charge in [-0.3, -0.25) is 4.79 Å². The van der Waals surface area contributed by atoms with Crippen molar-refractivity contribution in [3.8, 4) is 17.1 Å². The number of methoxy groups -OCH3 is 1. The molecule has 29 heavy (non-hydrogen) atoms. The molecule has 1 atom stereocenters. The maximum atomic E-state index is 12.7. The monoisotopic (exact) mass is 410 g/mol. The zero-order chi connectivity index (χ0) is 21.0. The summed E-state index contributed by atoms with van der Waals surface area (Å²) in [4.78, 5) is 12.7. The molecule has 1 amide bonds. The first-order chi connectivity index (χ1) is 13.9. The maximum absolute atomic E-state index is 12.7. The lowest BCUT2D eigenvalue weighted by Gasteiger charge is -2.16. The zero-order valence-corrected chi connectivity index (χ0v) is 18.2. The Hall–Kier alpha value is -2.80. The van der Waals surface area contributed by atoms with Gasteiger partial charge in [-0.1, -0.05) is 43.8 Å². The van der Waals surface area contributed by atoms with Crippen LogP contribution >= 0.6 is 11.8 Å². The highest BCUT2D eigenvalue weighted by molar-refractivity contribution is 8.00. The number of amides is 1. The number of anilines is 1. The van der Waals surface area contributed by atoms with Crippen molar-refractivity contribution in [1.82, 2.24) is 14.8 Å². The van der Waals surface area contributed by atoms with Crippen LogP contribution < -0.4 is 10.1 Å². The number of hydrogen-bond acceptors (Lipinski definition) is 5. The highest BCUT2D eigenvalue weighted by Crippen LogP contribution is 2.28. The fourth-order valence-corrected chi connectivity index (χ4v) is 3.78. The van der Waals surface area contributed by atoms with Crippen LogP contribution in [-0.4, -0.2) is 33.0 Å². The van der Waals surface area contributed by atoms with E-state index in [4.69, 9.17) is 4.74 Å². The van der Waals surface area contributed by atoms with E-state index < -0.39 is 0 Å². The first kappa shape index (κ1) is 20.9. The zero-order valence-electron chi connectivity index (χ0n) is 17.3. The van der Waals surface area contributed by atoms with Crippen molar-refractivity contribution in [3.05, 3.63) is 54.1 Å². The van der Waals surface area contributed by atoms with Crippen LogP contribution in [0.3, 0.4) is 0 Å². The molecule has 0 unspecified atom stereocenters. The third-order valence-electron chi connectivity index (χ3n) is 4.68. The molecule has 3 aromatic rings. The summed E-state index contributed by atoms with van der Waals surface area (Å²) in [5.41, 5.74) is 2.92. The summed E-state index contributed by atoms with van der Waals surface area (Å²) in [6.07, 6.45) is 0. The quantitative estimate of drug-likeness (QED) is 0.570. The second kappa shape index (κ2) is 9.13. The van der Waals surface area contributed by atoms with Crippen LogP contribution in [0, 0.1) is 0 Å². The van der Waals surface area contributed by atoms with E-state index in [1.807, 2.05) is 67.1 Å². The molecule has 6 nitrogen and oxygen atoms in total. The number of carbonyl (C=O) groups is 1. The number of aromatic nitrogens is 3. The maximum Gasteiger partial charge on any atom is 0.237 e. The van der Waals surface area contributed by atoms with Crippen molar-refractivity contribution in [2.24, 2.45) is 7.05 Å². The van der Waals surface area contributed by atoms with Gasteiger partial charge >= 0.3 is 0 Å². The Morgan fingerprint density at radius 1 is 1.07 bits per heavy atom. The van der Waals surface area contributed by atoms with E-state index in [1.165, 1.54) is 11.8 Å². The smallest absolute Gasteiger partial charge is 0.237 e. The van der Waals surface area contributed by atoms with Crippen molar-refractivity contribution < 1.29 is 9.53 Å². The van der Waals surface area contributed by atoms with Gasteiger partial charge in [0.15, 0.2) is 11.0 Å². The summed E-state index contributed by atoms with van der Waals surface area (Å²) in [5.74, 6) is 1.81. The summed E-state index contributed by atoms with van der Waals surface area (Å²) < 4.78 is 7.10. The molecule has 0 bridgehead atoms. The second-order valence-corrected chi connectivity index (χ2v) is 8.39. The van der Waals surface area contributed by atoms with Crippen LogP contribution in [0.15, 0.2) is 53.7 Å². The minimum absolute atomic E-state index is 0.0582. The third kappa shape index (κ3) is 4.79. The van der Waals surface area contributed by atoms with Gasteiger partial charge < -0.3 is 14.6 Å². The van der Waals surface area contributed by atoms with Gasteiger partial charge in [0.05, 0.1) is 12.4 Å². The Labute approximate surface area is 175 Å². The van der Waals surface area contributed by atoms with Gasteiger partial charge in [0.25, 0.3) is 0 Å². The molecule has 0 saturated carbocycles. The van der Waals surface area contributed by atoms with Gasteiger partial charge in [-0.2, -0.15) is 0 Å². The lowest BCUT2D eigenvalue weighted by Crippen LogP contribution is -2.23. The van der Waals surface area contributed by atoms with E-state index in [-0.39, 0.29) is 11.2 Å². The molecule has 0 spiro atoms. The number of para-hydroxylation sites is 1. The van der Waals surface area contributed by atoms with Gasteiger partial charge in [0.1, 0.15) is 5.75 Å². The largest absolute Gasteiger partial charge is 0.497 e. The van der Waals surface area contributed by atoms with E-state index in [0.29, 0.717) is 11.1 Å². The molecular weight excluding hydrogens is 384 g/mol. The molecule has 0 aliphatic carbocycles. The van der Waals surface area contributed by atoms with E-state index in [0.717, 1.165) is 28.4 Å². The Morgan fingerprint density at radius 2 is 1.76 bits per heavy atom. The van der Waals surface area contributed by atoms with E-state index in [1.54, 1.807) is 7.11 Å². The summed E-state index contributed by atoms with van der Waals surface area (Å²) in [5, 5.41) is 12.0. The Balaban J connectivity index is 1.71. The van der Waals surface area contributed by atoms with Crippen molar-refractivity contribution in [2.75, 3.05) is 12.4 Å². The predicted octanol–water partition coefficient (Wildman–Crippen LogP) is 4.73. The molecule has 0 saturated heterocycles. The van der Waals surface area contributed by atoms with Crippen LogP contribution in [0.5, 0.6) is 5.75 Å². The number of thioether (sulfide) groups is 1. The van der Waals surface area contributed by atoms with Crippen LogP contribution in [-0.2, 0) is 11.8 Å². The van der Waals surface area contributed by atoms with Crippen LogP contribution in [0.1, 0.15) is 32.3 Å². The van der Waals surface area contributed by atoms with Crippen LogP contribution in [0.4, 0.5) is 5.69 Å². The number of carbonyl (C=O) groups excluding carboxylic acids is 1. The number of nitrogens with one attached hydrogen (secondary N) is 1. The van der Waals surface area contributed by atoms with Crippen molar-refractivity contribution >= 4 is 23.4 Å². The lowest BCUT2D eigenvalue weighted by molar-refractivity contribution is -0.115.